The van der Waals surface area contributed by atoms with Gasteiger partial charge in [0.2, 0.25) is 5.91 Å². The van der Waals surface area contributed by atoms with Gasteiger partial charge in [0, 0.05) is 31.7 Å². The van der Waals surface area contributed by atoms with Crippen molar-refractivity contribution in [2.24, 2.45) is 11.8 Å². The van der Waals surface area contributed by atoms with E-state index in [1.165, 1.54) is 0 Å². The van der Waals surface area contributed by atoms with E-state index in [-0.39, 0.29) is 17.7 Å². The van der Waals surface area contributed by atoms with Crippen LogP contribution in [0.1, 0.15) is 62.5 Å². The van der Waals surface area contributed by atoms with Gasteiger partial charge in [-0.3, -0.25) is 14.6 Å². The monoisotopic (exact) mass is 423 g/mol. The van der Waals surface area contributed by atoms with Gasteiger partial charge in [-0.15, -0.1) is 0 Å². The van der Waals surface area contributed by atoms with Crippen LogP contribution in [0.4, 0.5) is 11.5 Å². The lowest BCUT2D eigenvalue weighted by atomic mass is 9.96. The van der Waals surface area contributed by atoms with E-state index in [9.17, 15) is 9.59 Å². The van der Waals surface area contributed by atoms with Gasteiger partial charge < -0.3 is 15.5 Å². The second kappa shape index (κ2) is 10.4. The van der Waals surface area contributed by atoms with Crippen molar-refractivity contribution >= 4 is 23.3 Å². The molecule has 0 unspecified atom stereocenters. The average Bonchev–Trinajstić information content (AvgIpc) is 2.78. The smallest absolute Gasteiger partial charge is 0.269 e. The van der Waals surface area contributed by atoms with E-state index in [4.69, 9.17) is 0 Å². The van der Waals surface area contributed by atoms with Gasteiger partial charge >= 0.3 is 0 Å². The Kier molecular flexibility index (Phi) is 7.60. The molecule has 1 aliphatic heterocycles. The maximum absolute atomic E-state index is 12.4. The third kappa shape index (κ3) is 6.26. The van der Waals surface area contributed by atoms with Crippen LogP contribution in [0.2, 0.25) is 0 Å². The Hall–Kier alpha value is -2.96. The van der Waals surface area contributed by atoms with Gasteiger partial charge in [0.25, 0.3) is 5.91 Å². The van der Waals surface area contributed by atoms with E-state index in [0.717, 1.165) is 43.0 Å². The van der Waals surface area contributed by atoms with Crippen molar-refractivity contribution in [1.29, 1.82) is 0 Å². The first-order chi connectivity index (χ1) is 14.8. The lowest BCUT2D eigenvalue weighted by molar-refractivity contribution is -0.118. The largest absolute Gasteiger partial charge is 0.357 e. The second-order valence-corrected chi connectivity index (χ2v) is 8.82. The van der Waals surface area contributed by atoms with Gasteiger partial charge in [-0.1, -0.05) is 33.8 Å². The fourth-order valence-electron chi connectivity index (χ4n) is 3.51. The predicted octanol–water partition coefficient (Wildman–Crippen LogP) is 3.84. The van der Waals surface area contributed by atoms with E-state index < -0.39 is 0 Å². The highest BCUT2D eigenvalue weighted by molar-refractivity contribution is 5.92. The maximum atomic E-state index is 12.4. The molecule has 0 aromatic carbocycles. The van der Waals surface area contributed by atoms with Crippen LogP contribution < -0.4 is 15.5 Å². The SMILES string of the molecule is CC(C)C(=O)Nc1ccc(N2CCC(CNC(=O)c3ccc(C(C)C)cn3)CC2)nc1. The van der Waals surface area contributed by atoms with Crippen molar-refractivity contribution in [2.75, 3.05) is 29.9 Å². The molecular formula is C24H33N5O2. The van der Waals surface area contributed by atoms with E-state index in [0.29, 0.717) is 24.1 Å². The number of anilines is 2. The fraction of sp³-hybridized carbons (Fsp3) is 0.500. The molecule has 7 nitrogen and oxygen atoms in total. The Morgan fingerprint density at radius 1 is 1.03 bits per heavy atom. The summed E-state index contributed by atoms with van der Waals surface area (Å²) in [4.78, 5) is 35.2. The molecule has 2 amide bonds. The highest BCUT2D eigenvalue weighted by atomic mass is 16.2. The molecule has 2 N–H and O–H groups in total. The highest BCUT2D eigenvalue weighted by Crippen LogP contribution is 2.22. The first-order valence-electron chi connectivity index (χ1n) is 11.1. The van der Waals surface area contributed by atoms with Crippen molar-refractivity contribution in [3.63, 3.8) is 0 Å². The third-order valence-electron chi connectivity index (χ3n) is 5.72. The van der Waals surface area contributed by atoms with Crippen LogP contribution in [0, 0.1) is 11.8 Å². The van der Waals surface area contributed by atoms with Crippen molar-refractivity contribution in [3.8, 4) is 0 Å². The van der Waals surface area contributed by atoms with E-state index >= 15 is 0 Å². The van der Waals surface area contributed by atoms with Gasteiger partial charge in [0.15, 0.2) is 0 Å². The molecule has 0 spiro atoms. The summed E-state index contributed by atoms with van der Waals surface area (Å²) in [6.07, 6.45) is 5.48. The van der Waals surface area contributed by atoms with E-state index in [2.05, 4.69) is 39.3 Å². The zero-order valence-corrected chi connectivity index (χ0v) is 18.9. The van der Waals surface area contributed by atoms with Crippen molar-refractivity contribution in [3.05, 3.63) is 47.9 Å². The number of aromatic nitrogens is 2. The lowest BCUT2D eigenvalue weighted by Gasteiger charge is -2.32. The molecule has 0 aliphatic carbocycles. The van der Waals surface area contributed by atoms with Crippen LogP contribution in [0.3, 0.4) is 0 Å². The summed E-state index contributed by atoms with van der Waals surface area (Å²) < 4.78 is 0. The zero-order chi connectivity index (χ0) is 22.4. The number of hydrogen-bond acceptors (Lipinski definition) is 5. The first kappa shape index (κ1) is 22.7. The Labute approximate surface area is 184 Å². The summed E-state index contributed by atoms with van der Waals surface area (Å²) in [7, 11) is 0. The number of pyridine rings is 2. The summed E-state index contributed by atoms with van der Waals surface area (Å²) in [5.41, 5.74) is 2.32. The van der Waals surface area contributed by atoms with Crippen LogP contribution >= 0.6 is 0 Å². The minimum atomic E-state index is -0.113. The first-order valence-corrected chi connectivity index (χ1v) is 11.1. The molecule has 166 valence electrons. The molecule has 31 heavy (non-hydrogen) atoms. The van der Waals surface area contributed by atoms with Gasteiger partial charge in [-0.05, 0) is 48.4 Å². The van der Waals surface area contributed by atoms with Crippen LogP contribution in [0.15, 0.2) is 36.7 Å². The number of carbonyl (C=O) groups excluding carboxylic acids is 2. The van der Waals surface area contributed by atoms with E-state index in [1.54, 1.807) is 18.5 Å². The molecular weight excluding hydrogens is 390 g/mol. The fourth-order valence-corrected chi connectivity index (χ4v) is 3.51. The number of amides is 2. The van der Waals surface area contributed by atoms with Gasteiger partial charge in [-0.2, -0.15) is 0 Å². The average molecular weight is 424 g/mol. The van der Waals surface area contributed by atoms with Crippen LogP contribution in [0.5, 0.6) is 0 Å². The van der Waals surface area contributed by atoms with Crippen LogP contribution in [0.25, 0.3) is 0 Å². The Balaban J connectivity index is 1.44. The minimum absolute atomic E-state index is 0.0107. The normalized spacial score (nSPS) is 14.7. The number of nitrogens with one attached hydrogen (secondary N) is 2. The van der Waals surface area contributed by atoms with Crippen molar-refractivity contribution in [2.45, 2.75) is 46.5 Å². The summed E-state index contributed by atoms with van der Waals surface area (Å²) in [5.74, 6) is 1.58. The standard InChI is InChI=1S/C24H33N5O2/c1-16(2)19-5-7-21(25-14-19)24(31)27-13-18-9-11-29(12-10-18)22-8-6-20(15-26-22)28-23(30)17(3)4/h5-8,14-18H,9-13H2,1-4H3,(H,27,31)(H,28,30). The summed E-state index contributed by atoms with van der Waals surface area (Å²) in [6.45, 7) is 10.4. The lowest BCUT2D eigenvalue weighted by Crippen LogP contribution is -2.39. The molecule has 0 bridgehead atoms. The molecule has 2 aromatic heterocycles. The van der Waals surface area contributed by atoms with Crippen LogP contribution in [-0.4, -0.2) is 41.4 Å². The molecule has 3 heterocycles. The summed E-state index contributed by atoms with van der Waals surface area (Å²) >= 11 is 0. The van der Waals surface area contributed by atoms with E-state index in [1.807, 2.05) is 32.0 Å². The second-order valence-electron chi connectivity index (χ2n) is 8.82. The highest BCUT2D eigenvalue weighted by Gasteiger charge is 2.21. The summed E-state index contributed by atoms with van der Waals surface area (Å²) in [6, 6.07) is 7.61. The Morgan fingerprint density at radius 2 is 1.77 bits per heavy atom. The Morgan fingerprint density at radius 3 is 2.32 bits per heavy atom. The quantitative estimate of drug-likeness (QED) is 0.706. The Bertz CT molecular complexity index is 870. The molecule has 2 aromatic rings. The number of rotatable bonds is 7. The molecule has 0 radical (unpaired) electrons. The summed E-state index contributed by atoms with van der Waals surface area (Å²) in [5, 5.41) is 5.89. The van der Waals surface area contributed by atoms with Crippen molar-refractivity contribution in [1.82, 2.24) is 15.3 Å². The molecule has 7 heteroatoms. The zero-order valence-electron chi connectivity index (χ0n) is 18.9. The molecule has 1 fully saturated rings. The number of piperidine rings is 1. The van der Waals surface area contributed by atoms with Crippen molar-refractivity contribution < 1.29 is 9.59 Å². The molecule has 1 saturated heterocycles. The number of nitrogens with zero attached hydrogens (tertiary/aromatic N) is 3. The molecule has 3 rings (SSSR count). The van der Waals surface area contributed by atoms with Crippen LogP contribution in [-0.2, 0) is 4.79 Å². The van der Waals surface area contributed by atoms with Gasteiger partial charge in [0.1, 0.15) is 11.5 Å². The molecule has 0 saturated carbocycles. The molecule has 0 atom stereocenters. The van der Waals surface area contributed by atoms with Gasteiger partial charge in [-0.25, -0.2) is 4.98 Å². The third-order valence-corrected chi connectivity index (χ3v) is 5.72. The minimum Gasteiger partial charge on any atom is -0.357 e. The topological polar surface area (TPSA) is 87.2 Å². The number of carbonyl (C=O) groups is 2. The van der Waals surface area contributed by atoms with Gasteiger partial charge in [0.05, 0.1) is 11.9 Å². The number of hydrogen-bond donors (Lipinski definition) is 2. The maximum Gasteiger partial charge on any atom is 0.269 e. The molecule has 1 aliphatic rings. The predicted molar refractivity (Wildman–Crippen MR) is 123 cm³/mol.